The highest BCUT2D eigenvalue weighted by Gasteiger charge is 2.27. The quantitative estimate of drug-likeness (QED) is 0.728. The lowest BCUT2D eigenvalue weighted by molar-refractivity contribution is 0.0989. The number of pyridine rings is 1. The Labute approximate surface area is 134 Å². The molecule has 23 heavy (non-hydrogen) atoms. The molecule has 1 aromatic heterocycles. The number of nitrogens with zero attached hydrogens (tertiary/aromatic N) is 2. The van der Waals surface area contributed by atoms with Gasteiger partial charge in [0.2, 0.25) is 0 Å². The van der Waals surface area contributed by atoms with Crippen LogP contribution in [0.15, 0.2) is 54.6 Å². The lowest BCUT2D eigenvalue weighted by atomic mass is 10.1. The topological polar surface area (TPSA) is 42.4 Å². The second-order valence-corrected chi connectivity index (χ2v) is 5.60. The molecule has 1 aliphatic rings. The van der Waals surface area contributed by atoms with E-state index in [4.69, 9.17) is 9.72 Å². The van der Waals surface area contributed by atoms with E-state index < -0.39 is 0 Å². The van der Waals surface area contributed by atoms with Crippen LogP contribution < -0.4 is 9.64 Å². The summed E-state index contributed by atoms with van der Waals surface area (Å²) < 4.78 is 5.27. The predicted molar refractivity (Wildman–Crippen MR) is 90.1 cm³/mol. The molecule has 1 amide bonds. The van der Waals surface area contributed by atoms with Gasteiger partial charge in [0, 0.05) is 17.5 Å². The van der Waals surface area contributed by atoms with Gasteiger partial charge in [0.25, 0.3) is 5.91 Å². The molecule has 3 aromatic rings. The van der Waals surface area contributed by atoms with E-state index in [1.54, 1.807) is 12.0 Å². The van der Waals surface area contributed by atoms with E-state index in [9.17, 15) is 4.79 Å². The first-order valence-electron chi connectivity index (χ1n) is 7.61. The van der Waals surface area contributed by atoms with E-state index in [-0.39, 0.29) is 5.91 Å². The summed E-state index contributed by atoms with van der Waals surface area (Å²) >= 11 is 0. The van der Waals surface area contributed by atoms with Gasteiger partial charge in [0.05, 0.1) is 12.6 Å². The number of ether oxygens (including phenoxy) is 1. The van der Waals surface area contributed by atoms with Crippen molar-refractivity contribution in [2.45, 2.75) is 6.42 Å². The number of hydrogen-bond acceptors (Lipinski definition) is 3. The fourth-order valence-corrected chi connectivity index (χ4v) is 3.01. The molecule has 114 valence electrons. The zero-order chi connectivity index (χ0) is 15.8. The Kier molecular flexibility index (Phi) is 3.23. The highest BCUT2D eigenvalue weighted by Crippen LogP contribution is 2.31. The minimum absolute atomic E-state index is 0.00436. The van der Waals surface area contributed by atoms with Crippen molar-refractivity contribution < 1.29 is 9.53 Å². The second kappa shape index (κ2) is 5.39. The number of carbonyl (C=O) groups is 1. The fourth-order valence-electron chi connectivity index (χ4n) is 3.01. The summed E-state index contributed by atoms with van der Waals surface area (Å²) in [6.45, 7) is 0.670. The first kappa shape index (κ1) is 13.8. The molecule has 0 bridgehead atoms. The van der Waals surface area contributed by atoms with Gasteiger partial charge in [-0.25, -0.2) is 4.98 Å². The Balaban J connectivity index is 1.76. The van der Waals surface area contributed by atoms with Gasteiger partial charge >= 0.3 is 0 Å². The monoisotopic (exact) mass is 304 g/mol. The Morgan fingerprint density at radius 3 is 2.74 bits per heavy atom. The molecule has 0 N–H and O–H groups in total. The Hall–Kier alpha value is -2.88. The molecule has 0 spiro atoms. The SMILES string of the molecule is COc1ccc2nc3c(cc2c1)CCN3C(=O)c1ccccc1. The minimum atomic E-state index is 0.00436. The van der Waals surface area contributed by atoms with Gasteiger partial charge in [-0.3, -0.25) is 9.69 Å². The molecule has 0 aliphatic carbocycles. The van der Waals surface area contributed by atoms with Crippen LogP contribution >= 0.6 is 0 Å². The smallest absolute Gasteiger partial charge is 0.259 e. The van der Waals surface area contributed by atoms with Crippen molar-refractivity contribution in [2.75, 3.05) is 18.6 Å². The molecular formula is C19H16N2O2. The Morgan fingerprint density at radius 1 is 1.13 bits per heavy atom. The van der Waals surface area contributed by atoms with Crippen molar-refractivity contribution >= 4 is 22.6 Å². The standard InChI is InChI=1S/C19H16N2O2/c1-23-16-7-8-17-15(12-16)11-14-9-10-21(18(14)20-17)19(22)13-5-3-2-4-6-13/h2-8,11-12H,9-10H2,1H3. The van der Waals surface area contributed by atoms with Crippen LogP contribution in [-0.2, 0) is 6.42 Å². The third-order valence-electron chi connectivity index (χ3n) is 4.20. The molecule has 0 saturated heterocycles. The summed E-state index contributed by atoms with van der Waals surface area (Å²) in [5, 5.41) is 1.04. The number of methoxy groups -OCH3 is 1. The van der Waals surface area contributed by atoms with Crippen molar-refractivity contribution in [3.8, 4) is 5.75 Å². The van der Waals surface area contributed by atoms with Crippen molar-refractivity contribution in [1.29, 1.82) is 0 Å². The van der Waals surface area contributed by atoms with E-state index >= 15 is 0 Å². The number of fused-ring (bicyclic) bond motifs is 2. The van der Waals surface area contributed by atoms with Gasteiger partial charge in [-0.15, -0.1) is 0 Å². The van der Waals surface area contributed by atoms with E-state index in [1.165, 1.54) is 0 Å². The maximum absolute atomic E-state index is 12.7. The van der Waals surface area contributed by atoms with Gasteiger partial charge in [-0.2, -0.15) is 0 Å². The summed E-state index contributed by atoms with van der Waals surface area (Å²) in [6, 6.07) is 17.3. The van der Waals surface area contributed by atoms with E-state index in [0.717, 1.165) is 34.5 Å². The number of carbonyl (C=O) groups excluding carboxylic acids is 1. The number of anilines is 1. The van der Waals surface area contributed by atoms with Gasteiger partial charge in [-0.05, 0) is 48.4 Å². The number of rotatable bonds is 2. The molecule has 4 heteroatoms. The van der Waals surface area contributed by atoms with Crippen molar-refractivity contribution in [3.63, 3.8) is 0 Å². The zero-order valence-electron chi connectivity index (χ0n) is 12.8. The lowest BCUT2D eigenvalue weighted by Gasteiger charge is -2.16. The second-order valence-electron chi connectivity index (χ2n) is 5.60. The third-order valence-corrected chi connectivity index (χ3v) is 4.20. The molecule has 0 unspecified atom stereocenters. The zero-order valence-corrected chi connectivity index (χ0v) is 12.8. The highest BCUT2D eigenvalue weighted by atomic mass is 16.5. The van der Waals surface area contributed by atoms with Crippen LogP contribution in [0, 0.1) is 0 Å². The molecule has 1 aliphatic heterocycles. The van der Waals surface area contributed by atoms with Gasteiger partial charge in [-0.1, -0.05) is 18.2 Å². The molecule has 2 aromatic carbocycles. The lowest BCUT2D eigenvalue weighted by Crippen LogP contribution is -2.29. The molecule has 2 heterocycles. The van der Waals surface area contributed by atoms with Gasteiger partial charge in [0.15, 0.2) is 0 Å². The first-order chi connectivity index (χ1) is 11.3. The van der Waals surface area contributed by atoms with Crippen LogP contribution in [0.2, 0.25) is 0 Å². The van der Waals surface area contributed by atoms with Crippen molar-refractivity contribution in [2.24, 2.45) is 0 Å². The van der Waals surface area contributed by atoms with Crippen LogP contribution in [0.1, 0.15) is 15.9 Å². The number of aromatic nitrogens is 1. The first-order valence-corrected chi connectivity index (χ1v) is 7.61. The molecular weight excluding hydrogens is 288 g/mol. The van der Waals surface area contributed by atoms with Crippen LogP contribution in [0.5, 0.6) is 5.75 Å². The van der Waals surface area contributed by atoms with Crippen LogP contribution in [0.25, 0.3) is 10.9 Å². The van der Waals surface area contributed by atoms with Crippen molar-refractivity contribution in [1.82, 2.24) is 4.98 Å². The molecule has 0 saturated carbocycles. The Bertz CT molecular complexity index is 891. The molecule has 4 nitrogen and oxygen atoms in total. The summed E-state index contributed by atoms with van der Waals surface area (Å²) in [7, 11) is 1.65. The average molecular weight is 304 g/mol. The number of hydrogen-bond donors (Lipinski definition) is 0. The summed E-state index contributed by atoms with van der Waals surface area (Å²) in [5.74, 6) is 1.59. The molecule has 0 fully saturated rings. The van der Waals surface area contributed by atoms with Crippen LogP contribution in [0.3, 0.4) is 0 Å². The highest BCUT2D eigenvalue weighted by molar-refractivity contribution is 6.07. The third kappa shape index (κ3) is 2.32. The van der Waals surface area contributed by atoms with Gasteiger partial charge < -0.3 is 4.74 Å². The normalized spacial score (nSPS) is 13.2. The maximum Gasteiger partial charge on any atom is 0.259 e. The number of amides is 1. The molecule has 4 rings (SSSR count). The van der Waals surface area contributed by atoms with Crippen LogP contribution in [-0.4, -0.2) is 24.5 Å². The van der Waals surface area contributed by atoms with Gasteiger partial charge in [0.1, 0.15) is 11.6 Å². The Morgan fingerprint density at radius 2 is 1.96 bits per heavy atom. The summed E-state index contributed by atoms with van der Waals surface area (Å²) in [5.41, 5.74) is 2.67. The molecule has 0 radical (unpaired) electrons. The van der Waals surface area contributed by atoms with E-state index in [0.29, 0.717) is 12.1 Å². The predicted octanol–water partition coefficient (Wildman–Crippen LogP) is 3.45. The summed E-state index contributed by atoms with van der Waals surface area (Å²) in [4.78, 5) is 19.2. The largest absolute Gasteiger partial charge is 0.497 e. The summed E-state index contributed by atoms with van der Waals surface area (Å²) in [6.07, 6.45) is 0.827. The van der Waals surface area contributed by atoms with E-state index in [2.05, 4.69) is 6.07 Å². The molecule has 0 atom stereocenters. The average Bonchev–Trinajstić information content (AvgIpc) is 3.02. The number of benzene rings is 2. The minimum Gasteiger partial charge on any atom is -0.497 e. The fraction of sp³-hybridized carbons (Fsp3) is 0.158. The van der Waals surface area contributed by atoms with Crippen molar-refractivity contribution in [3.05, 3.63) is 65.7 Å². The maximum atomic E-state index is 12.7. The van der Waals surface area contributed by atoms with Crippen LogP contribution in [0.4, 0.5) is 5.82 Å². The van der Waals surface area contributed by atoms with E-state index in [1.807, 2.05) is 48.5 Å².